The Bertz CT molecular complexity index is 157. The van der Waals surface area contributed by atoms with Gasteiger partial charge in [0.05, 0.1) is 0 Å². The molecule has 80 valence electrons. The van der Waals surface area contributed by atoms with E-state index in [-0.39, 0.29) is 13.3 Å². The van der Waals surface area contributed by atoms with Gasteiger partial charge in [-0.15, -0.1) is 0 Å². The van der Waals surface area contributed by atoms with Crippen LogP contribution in [0.4, 0.5) is 0 Å². The van der Waals surface area contributed by atoms with Gasteiger partial charge in [-0.2, -0.15) is 0 Å². The van der Waals surface area contributed by atoms with Crippen LogP contribution < -0.4 is 5.32 Å². The molecule has 0 aliphatic heterocycles. The molecule has 0 heterocycles. The van der Waals surface area contributed by atoms with Crippen LogP contribution in [0.5, 0.6) is 0 Å². The Labute approximate surface area is 83.6 Å². The van der Waals surface area contributed by atoms with Crippen LogP contribution in [0.3, 0.4) is 0 Å². The van der Waals surface area contributed by atoms with Crippen LogP contribution >= 0.6 is 0 Å². The third-order valence-electron chi connectivity index (χ3n) is 1.96. The van der Waals surface area contributed by atoms with Gasteiger partial charge in [-0.25, -0.2) is 0 Å². The van der Waals surface area contributed by atoms with Crippen molar-refractivity contribution in [2.75, 3.05) is 6.54 Å². The molecule has 0 saturated heterocycles. The van der Waals surface area contributed by atoms with Gasteiger partial charge in [0, 0.05) is 13.9 Å². The highest BCUT2D eigenvalue weighted by molar-refractivity contribution is 5.78. The topological polar surface area (TPSA) is 29.1 Å². The minimum atomic E-state index is 0. The van der Waals surface area contributed by atoms with Crippen molar-refractivity contribution >= 4 is 5.91 Å². The van der Waals surface area contributed by atoms with E-state index in [0.29, 0.717) is 11.8 Å². The van der Waals surface area contributed by atoms with Crippen LogP contribution in [0.25, 0.3) is 0 Å². The van der Waals surface area contributed by atoms with E-state index < -0.39 is 0 Å². The molecule has 1 atom stereocenters. The van der Waals surface area contributed by atoms with Crippen molar-refractivity contribution in [2.24, 2.45) is 17.8 Å². The number of carbonyl (C=O) groups excluding carboxylic acids is 1. The van der Waals surface area contributed by atoms with E-state index in [1.165, 1.54) is 0 Å². The molecule has 0 aromatic heterocycles. The largest absolute Gasteiger partial charge is 0.356 e. The van der Waals surface area contributed by atoms with E-state index in [1.54, 1.807) is 0 Å². The van der Waals surface area contributed by atoms with Gasteiger partial charge >= 0.3 is 0 Å². The van der Waals surface area contributed by atoms with Crippen molar-refractivity contribution in [3.8, 4) is 0 Å². The van der Waals surface area contributed by atoms with E-state index in [0.717, 1.165) is 13.0 Å². The summed E-state index contributed by atoms with van der Waals surface area (Å²) < 4.78 is 0. The van der Waals surface area contributed by atoms with Crippen molar-refractivity contribution in [1.29, 1.82) is 0 Å². The van der Waals surface area contributed by atoms with E-state index in [1.807, 2.05) is 6.92 Å². The van der Waals surface area contributed by atoms with Crippen LogP contribution in [-0.2, 0) is 4.79 Å². The first-order valence-corrected chi connectivity index (χ1v) is 5.21. The first-order chi connectivity index (χ1) is 5.93. The Morgan fingerprint density at radius 3 is 2.08 bits per heavy atom. The van der Waals surface area contributed by atoms with Crippen LogP contribution in [0, 0.1) is 17.8 Å². The maximum atomic E-state index is 11.5. The second-order valence-corrected chi connectivity index (χ2v) is 4.67. The number of carbonyl (C=O) groups is 1. The SMILES string of the molecule is CC(C)CNC(=O)C(C)CC(C)C.[HH]. The molecule has 0 aromatic carbocycles. The molecule has 2 nitrogen and oxygen atoms in total. The first-order valence-electron chi connectivity index (χ1n) is 5.21. The first kappa shape index (κ1) is 12.5. The summed E-state index contributed by atoms with van der Waals surface area (Å²) in [5.74, 6) is 1.48. The molecule has 0 radical (unpaired) electrons. The Balaban J connectivity index is 0. The summed E-state index contributed by atoms with van der Waals surface area (Å²) in [6.07, 6.45) is 0.976. The predicted molar refractivity (Wildman–Crippen MR) is 58.6 cm³/mol. The Morgan fingerprint density at radius 2 is 1.69 bits per heavy atom. The minimum absolute atomic E-state index is 0. The highest BCUT2D eigenvalue weighted by Gasteiger charge is 2.13. The lowest BCUT2D eigenvalue weighted by Crippen LogP contribution is -2.32. The molecule has 0 saturated carbocycles. The summed E-state index contributed by atoms with van der Waals surface area (Å²) in [6, 6.07) is 0. The smallest absolute Gasteiger partial charge is 0.222 e. The van der Waals surface area contributed by atoms with Crippen molar-refractivity contribution < 1.29 is 6.22 Å². The maximum absolute atomic E-state index is 11.5. The summed E-state index contributed by atoms with van der Waals surface area (Å²) >= 11 is 0. The summed E-state index contributed by atoms with van der Waals surface area (Å²) in [5, 5.41) is 2.95. The van der Waals surface area contributed by atoms with Gasteiger partial charge in [-0.3, -0.25) is 4.79 Å². The molecule has 0 aromatic rings. The monoisotopic (exact) mass is 187 g/mol. The second kappa shape index (κ2) is 6.01. The third-order valence-corrected chi connectivity index (χ3v) is 1.96. The minimum Gasteiger partial charge on any atom is -0.356 e. The molecule has 1 N–H and O–H groups in total. The summed E-state index contributed by atoms with van der Waals surface area (Å²) in [7, 11) is 0. The zero-order chi connectivity index (χ0) is 10.4. The van der Waals surface area contributed by atoms with Gasteiger partial charge in [0.2, 0.25) is 5.91 Å². The normalized spacial score (nSPS) is 13.5. The number of hydrogen-bond acceptors (Lipinski definition) is 1. The Hall–Kier alpha value is -0.530. The number of nitrogens with one attached hydrogen (secondary N) is 1. The van der Waals surface area contributed by atoms with Crippen LogP contribution in [-0.4, -0.2) is 12.5 Å². The van der Waals surface area contributed by atoms with Gasteiger partial charge in [0.25, 0.3) is 0 Å². The Kier molecular flexibility index (Phi) is 5.76. The van der Waals surface area contributed by atoms with Crippen molar-refractivity contribution in [3.63, 3.8) is 0 Å². The summed E-state index contributed by atoms with van der Waals surface area (Å²) in [4.78, 5) is 11.5. The Morgan fingerprint density at radius 1 is 1.15 bits per heavy atom. The molecule has 13 heavy (non-hydrogen) atoms. The van der Waals surface area contributed by atoms with E-state index >= 15 is 0 Å². The van der Waals surface area contributed by atoms with Crippen molar-refractivity contribution in [2.45, 2.75) is 41.0 Å². The van der Waals surface area contributed by atoms with E-state index in [9.17, 15) is 4.79 Å². The molecule has 2 heteroatoms. The molecule has 0 aliphatic rings. The van der Waals surface area contributed by atoms with Gasteiger partial charge in [-0.05, 0) is 18.3 Å². The molecule has 1 unspecified atom stereocenters. The average molecular weight is 187 g/mol. The highest BCUT2D eigenvalue weighted by Crippen LogP contribution is 2.10. The fraction of sp³-hybridized carbons (Fsp3) is 0.909. The number of amides is 1. The lowest BCUT2D eigenvalue weighted by molar-refractivity contribution is -0.125. The van der Waals surface area contributed by atoms with Gasteiger partial charge in [0.15, 0.2) is 0 Å². The molecule has 0 bridgehead atoms. The molecular formula is C11H25NO. The quantitative estimate of drug-likeness (QED) is 0.704. The standard InChI is InChI=1S/C11H23NO.H2/c1-8(2)6-10(5)11(13)12-7-9(3)4;/h8-10H,6-7H2,1-5H3,(H,12,13);1H. The molecule has 0 rings (SSSR count). The zero-order valence-corrected chi connectivity index (χ0v) is 9.55. The van der Waals surface area contributed by atoms with Gasteiger partial charge in [0.1, 0.15) is 0 Å². The van der Waals surface area contributed by atoms with Gasteiger partial charge in [-0.1, -0.05) is 34.6 Å². The second-order valence-electron chi connectivity index (χ2n) is 4.67. The molecular weight excluding hydrogens is 162 g/mol. The van der Waals surface area contributed by atoms with Gasteiger partial charge < -0.3 is 5.32 Å². The maximum Gasteiger partial charge on any atom is 0.222 e. The molecule has 0 spiro atoms. The molecule has 1 amide bonds. The number of rotatable bonds is 5. The van der Waals surface area contributed by atoms with Crippen molar-refractivity contribution in [3.05, 3.63) is 0 Å². The van der Waals surface area contributed by atoms with Crippen LogP contribution in [0.1, 0.15) is 42.5 Å². The van der Waals surface area contributed by atoms with Crippen LogP contribution in [0.2, 0.25) is 0 Å². The summed E-state index contributed by atoms with van der Waals surface area (Å²) in [6.45, 7) is 11.3. The summed E-state index contributed by atoms with van der Waals surface area (Å²) in [5.41, 5.74) is 0. The third kappa shape index (κ3) is 6.62. The lowest BCUT2D eigenvalue weighted by Gasteiger charge is -2.14. The van der Waals surface area contributed by atoms with Crippen LogP contribution in [0.15, 0.2) is 0 Å². The fourth-order valence-corrected chi connectivity index (χ4v) is 1.29. The van der Waals surface area contributed by atoms with E-state index in [4.69, 9.17) is 0 Å². The average Bonchev–Trinajstić information content (AvgIpc) is 1.98. The lowest BCUT2D eigenvalue weighted by atomic mass is 9.98. The zero-order valence-electron chi connectivity index (χ0n) is 9.55. The van der Waals surface area contributed by atoms with E-state index in [2.05, 4.69) is 33.0 Å². The number of hydrogen-bond donors (Lipinski definition) is 1. The molecule has 0 fully saturated rings. The highest BCUT2D eigenvalue weighted by atomic mass is 16.1. The predicted octanol–water partition coefficient (Wildman–Crippen LogP) is 2.69. The molecule has 0 aliphatic carbocycles. The fourth-order valence-electron chi connectivity index (χ4n) is 1.29. The van der Waals surface area contributed by atoms with Crippen molar-refractivity contribution in [1.82, 2.24) is 5.32 Å².